The van der Waals surface area contributed by atoms with Gasteiger partial charge in [0, 0.05) is 17.8 Å². The molecule has 0 bridgehead atoms. The van der Waals surface area contributed by atoms with Gasteiger partial charge in [-0.1, -0.05) is 33.3 Å². The summed E-state index contributed by atoms with van der Waals surface area (Å²) >= 11 is 0. The summed E-state index contributed by atoms with van der Waals surface area (Å²) in [5, 5.41) is 12.1. The molecule has 0 radical (unpaired) electrons. The van der Waals surface area contributed by atoms with Crippen LogP contribution in [0.15, 0.2) is 24.3 Å². The van der Waals surface area contributed by atoms with Crippen LogP contribution in [0.5, 0.6) is 5.75 Å². The molecule has 0 saturated carbocycles. The Morgan fingerprint density at radius 1 is 1.32 bits per heavy atom. The summed E-state index contributed by atoms with van der Waals surface area (Å²) in [5.74, 6) is 1.47. The fourth-order valence-electron chi connectivity index (χ4n) is 2.01. The van der Waals surface area contributed by atoms with Gasteiger partial charge in [-0.15, -0.1) is 0 Å². The maximum atomic E-state index is 8.52. The van der Waals surface area contributed by atoms with Crippen molar-refractivity contribution in [3.05, 3.63) is 24.3 Å². The average Bonchev–Trinajstić information content (AvgIpc) is 2.44. The largest absolute Gasteiger partial charge is 0.479 e. The maximum Gasteiger partial charge on any atom is 0.174 e. The van der Waals surface area contributed by atoms with Crippen molar-refractivity contribution in [1.29, 1.82) is 5.26 Å². The molecule has 2 atom stereocenters. The molecule has 0 aliphatic rings. The number of rotatable bonds is 8. The van der Waals surface area contributed by atoms with Crippen molar-refractivity contribution < 1.29 is 4.74 Å². The van der Waals surface area contributed by atoms with Crippen LogP contribution < -0.4 is 10.1 Å². The van der Waals surface area contributed by atoms with E-state index in [-0.39, 0.29) is 6.61 Å². The summed E-state index contributed by atoms with van der Waals surface area (Å²) in [5.41, 5.74) is 1.06. The van der Waals surface area contributed by atoms with Gasteiger partial charge in [0.15, 0.2) is 6.61 Å². The molecule has 1 N–H and O–H groups in total. The van der Waals surface area contributed by atoms with Gasteiger partial charge in [0.2, 0.25) is 0 Å². The molecular weight excluding hydrogens is 236 g/mol. The Bertz CT molecular complexity index is 411. The highest BCUT2D eigenvalue weighted by Crippen LogP contribution is 2.21. The molecule has 2 unspecified atom stereocenters. The molecule has 3 heteroatoms. The van der Waals surface area contributed by atoms with Crippen LogP contribution in [-0.4, -0.2) is 12.6 Å². The normalized spacial score (nSPS) is 13.4. The lowest BCUT2D eigenvalue weighted by atomic mass is 9.97. The Morgan fingerprint density at radius 3 is 2.74 bits per heavy atom. The molecule has 0 aliphatic heterocycles. The minimum Gasteiger partial charge on any atom is -0.479 e. The molecule has 0 amide bonds. The molecular formula is C16H24N2O. The molecule has 19 heavy (non-hydrogen) atoms. The second-order valence-corrected chi connectivity index (χ2v) is 4.97. The fourth-order valence-corrected chi connectivity index (χ4v) is 2.01. The molecule has 0 heterocycles. The molecule has 1 aromatic rings. The van der Waals surface area contributed by atoms with E-state index in [1.54, 1.807) is 0 Å². The van der Waals surface area contributed by atoms with Crippen LogP contribution in [0, 0.1) is 17.2 Å². The summed E-state index contributed by atoms with van der Waals surface area (Å²) in [7, 11) is 0. The lowest BCUT2D eigenvalue weighted by Crippen LogP contribution is -2.21. The number of hydrogen-bond acceptors (Lipinski definition) is 3. The average molecular weight is 260 g/mol. The SMILES string of the molecule is CCC(C)CC(CC)Nc1cccc(OCC#N)c1. The van der Waals surface area contributed by atoms with E-state index in [0.29, 0.717) is 6.04 Å². The van der Waals surface area contributed by atoms with E-state index in [1.807, 2.05) is 30.3 Å². The van der Waals surface area contributed by atoms with Crippen molar-refractivity contribution in [3.63, 3.8) is 0 Å². The molecule has 1 aromatic carbocycles. The van der Waals surface area contributed by atoms with Crippen LogP contribution in [0.4, 0.5) is 5.69 Å². The lowest BCUT2D eigenvalue weighted by molar-refractivity contribution is 0.368. The summed E-state index contributed by atoms with van der Waals surface area (Å²) in [4.78, 5) is 0. The monoisotopic (exact) mass is 260 g/mol. The van der Waals surface area contributed by atoms with Crippen LogP contribution in [-0.2, 0) is 0 Å². The third-order valence-corrected chi connectivity index (χ3v) is 3.38. The molecule has 104 valence electrons. The molecule has 1 rings (SSSR count). The fraction of sp³-hybridized carbons (Fsp3) is 0.562. The summed E-state index contributed by atoms with van der Waals surface area (Å²) < 4.78 is 5.31. The Morgan fingerprint density at radius 2 is 2.11 bits per heavy atom. The zero-order valence-corrected chi connectivity index (χ0v) is 12.1. The first-order valence-corrected chi connectivity index (χ1v) is 7.05. The minimum absolute atomic E-state index is 0.0908. The van der Waals surface area contributed by atoms with Crippen LogP contribution in [0.2, 0.25) is 0 Å². The Kier molecular flexibility index (Phi) is 6.81. The number of benzene rings is 1. The summed E-state index contributed by atoms with van der Waals surface area (Å²) in [6.07, 6.45) is 3.49. The van der Waals surface area contributed by atoms with Crippen LogP contribution in [0.1, 0.15) is 40.0 Å². The molecule has 0 saturated heterocycles. The highest BCUT2D eigenvalue weighted by molar-refractivity contribution is 5.48. The standard InChI is InChI=1S/C16H24N2O/c1-4-13(3)11-14(5-2)18-15-7-6-8-16(12-15)19-10-9-17/h6-8,12-14,18H,4-5,10-11H2,1-3H3. The van der Waals surface area contributed by atoms with Crippen molar-refractivity contribution in [3.8, 4) is 11.8 Å². The lowest BCUT2D eigenvalue weighted by Gasteiger charge is -2.21. The predicted molar refractivity (Wildman–Crippen MR) is 79.3 cm³/mol. The second-order valence-electron chi connectivity index (χ2n) is 4.97. The Balaban J connectivity index is 2.61. The van der Waals surface area contributed by atoms with Gasteiger partial charge < -0.3 is 10.1 Å². The topological polar surface area (TPSA) is 45.0 Å². The second kappa shape index (κ2) is 8.42. The van der Waals surface area contributed by atoms with E-state index >= 15 is 0 Å². The first kappa shape index (κ1) is 15.4. The van der Waals surface area contributed by atoms with Gasteiger partial charge in [0.05, 0.1) is 0 Å². The zero-order valence-electron chi connectivity index (χ0n) is 12.1. The van der Waals surface area contributed by atoms with Crippen molar-refractivity contribution in [2.75, 3.05) is 11.9 Å². The number of hydrogen-bond donors (Lipinski definition) is 1. The van der Waals surface area contributed by atoms with Crippen molar-refractivity contribution >= 4 is 5.69 Å². The van der Waals surface area contributed by atoms with Gasteiger partial charge in [0.1, 0.15) is 11.8 Å². The minimum atomic E-state index is 0.0908. The van der Waals surface area contributed by atoms with Crippen molar-refractivity contribution in [2.45, 2.75) is 46.1 Å². The first-order chi connectivity index (χ1) is 9.19. The van der Waals surface area contributed by atoms with E-state index in [0.717, 1.165) is 23.8 Å². The van der Waals surface area contributed by atoms with Gasteiger partial charge in [-0.05, 0) is 30.9 Å². The molecule has 0 aliphatic carbocycles. The van der Waals surface area contributed by atoms with Gasteiger partial charge in [-0.25, -0.2) is 0 Å². The highest BCUT2D eigenvalue weighted by Gasteiger charge is 2.10. The zero-order chi connectivity index (χ0) is 14.1. The van der Waals surface area contributed by atoms with Gasteiger partial charge in [-0.2, -0.15) is 5.26 Å². The summed E-state index contributed by atoms with van der Waals surface area (Å²) in [6, 6.07) is 10.3. The van der Waals surface area contributed by atoms with Crippen LogP contribution >= 0.6 is 0 Å². The number of nitrogens with one attached hydrogen (secondary N) is 1. The van der Waals surface area contributed by atoms with Crippen LogP contribution in [0.25, 0.3) is 0 Å². The number of ether oxygens (including phenoxy) is 1. The van der Waals surface area contributed by atoms with Gasteiger partial charge in [-0.3, -0.25) is 0 Å². The number of nitrogens with zero attached hydrogens (tertiary/aromatic N) is 1. The smallest absolute Gasteiger partial charge is 0.174 e. The van der Waals surface area contributed by atoms with E-state index in [9.17, 15) is 0 Å². The molecule has 3 nitrogen and oxygen atoms in total. The van der Waals surface area contributed by atoms with E-state index in [2.05, 4.69) is 26.1 Å². The van der Waals surface area contributed by atoms with Crippen LogP contribution in [0.3, 0.4) is 0 Å². The Labute approximate surface area is 116 Å². The van der Waals surface area contributed by atoms with Gasteiger partial charge in [0.25, 0.3) is 0 Å². The number of nitriles is 1. The molecule has 0 aromatic heterocycles. The van der Waals surface area contributed by atoms with Crippen molar-refractivity contribution in [2.24, 2.45) is 5.92 Å². The summed E-state index contributed by atoms with van der Waals surface area (Å²) in [6.45, 7) is 6.81. The third kappa shape index (κ3) is 5.65. The Hall–Kier alpha value is -1.69. The number of anilines is 1. The molecule has 0 fully saturated rings. The quantitative estimate of drug-likeness (QED) is 0.761. The van der Waals surface area contributed by atoms with Crippen molar-refractivity contribution in [1.82, 2.24) is 0 Å². The third-order valence-electron chi connectivity index (χ3n) is 3.38. The predicted octanol–water partition coefficient (Wildman–Crippen LogP) is 4.22. The van der Waals surface area contributed by atoms with Gasteiger partial charge >= 0.3 is 0 Å². The van der Waals surface area contributed by atoms with E-state index in [4.69, 9.17) is 10.00 Å². The maximum absolute atomic E-state index is 8.52. The molecule has 0 spiro atoms. The van der Waals surface area contributed by atoms with E-state index in [1.165, 1.54) is 12.8 Å². The first-order valence-electron chi connectivity index (χ1n) is 7.05. The van der Waals surface area contributed by atoms with E-state index < -0.39 is 0 Å². The highest BCUT2D eigenvalue weighted by atomic mass is 16.5.